The second kappa shape index (κ2) is 11.8. The molecule has 0 radical (unpaired) electrons. The lowest BCUT2D eigenvalue weighted by atomic mass is 10.1. The maximum atomic E-state index is 15.0. The number of carbonyl (C=O) groups excluding carboxylic acids is 2. The molecule has 3 heterocycles. The summed E-state index contributed by atoms with van der Waals surface area (Å²) in [6.07, 6.45) is 0.607. The fourth-order valence-electron chi connectivity index (χ4n) is 3.83. The molecule has 0 saturated carbocycles. The quantitative estimate of drug-likeness (QED) is 0.364. The van der Waals surface area contributed by atoms with Gasteiger partial charge in [0.15, 0.2) is 6.17 Å². The third kappa shape index (κ3) is 8.25. The van der Waals surface area contributed by atoms with E-state index in [-0.39, 0.29) is 31.0 Å². The van der Waals surface area contributed by atoms with Crippen LogP contribution in [-0.4, -0.2) is 77.1 Å². The zero-order valence-corrected chi connectivity index (χ0v) is 24.4. The molecule has 0 spiro atoms. The van der Waals surface area contributed by atoms with Crippen LogP contribution in [0.25, 0.3) is 11.3 Å². The van der Waals surface area contributed by atoms with Gasteiger partial charge in [0.1, 0.15) is 29.8 Å². The maximum absolute atomic E-state index is 15.0. The molecule has 0 aliphatic carbocycles. The number of alkyl halides is 1. The fraction of sp³-hybridized carbons (Fsp3) is 0.615. The zero-order chi connectivity index (χ0) is 28.3. The van der Waals surface area contributed by atoms with Gasteiger partial charge in [0.25, 0.3) is 5.91 Å². The van der Waals surface area contributed by atoms with Crippen molar-refractivity contribution >= 4 is 20.1 Å². The van der Waals surface area contributed by atoms with E-state index in [0.717, 1.165) is 11.9 Å². The Morgan fingerprint density at radius 2 is 1.97 bits per heavy atom. The van der Waals surface area contributed by atoms with E-state index in [4.69, 9.17) is 19.9 Å². The first kappa shape index (κ1) is 29.6. The number of likely N-dealkylation sites (tertiary alicyclic amines) is 1. The number of nitrogens with zero attached hydrogens (tertiary/aromatic N) is 4. The molecule has 2 N–H and O–H groups in total. The summed E-state index contributed by atoms with van der Waals surface area (Å²) in [7, 11) is -1.18. The van der Waals surface area contributed by atoms with Crippen LogP contribution in [-0.2, 0) is 16.2 Å². The lowest BCUT2D eigenvalue weighted by Gasteiger charge is -2.35. The van der Waals surface area contributed by atoms with Crippen molar-refractivity contribution in [2.45, 2.75) is 84.4 Å². The summed E-state index contributed by atoms with van der Waals surface area (Å²) in [5, 5.41) is 0. The summed E-state index contributed by atoms with van der Waals surface area (Å²) in [5.74, 6) is -0.0433. The van der Waals surface area contributed by atoms with Crippen LogP contribution in [0.4, 0.5) is 9.18 Å². The lowest BCUT2D eigenvalue weighted by Crippen LogP contribution is -2.50. The Kier molecular flexibility index (Phi) is 9.19. The standard InChI is InChI=1S/C26H40FN5O5Si/c1-17-30-21(15-32(17)16-35-10-11-38(5,6)7)18-12-19(23(28)33)24(29-13-18)36-22-8-9-31(14-20(22)27)25(34)37-26(2,3)4/h12-13,15,20,22H,8-11,14,16H2,1-7H3,(H2,28,33)/t20-,22+/m0/s1. The molecule has 0 bridgehead atoms. The number of piperidine rings is 1. The predicted octanol–water partition coefficient (Wildman–Crippen LogP) is 4.39. The minimum atomic E-state index is -1.49. The van der Waals surface area contributed by atoms with Gasteiger partial charge in [0, 0.05) is 45.6 Å². The number of aryl methyl sites for hydroxylation is 1. The first-order valence-electron chi connectivity index (χ1n) is 12.8. The Bertz CT molecular complexity index is 1140. The average molecular weight is 550 g/mol. The third-order valence-corrected chi connectivity index (χ3v) is 7.72. The molecule has 2 atom stereocenters. The van der Waals surface area contributed by atoms with Gasteiger partial charge in [-0.2, -0.15) is 0 Å². The summed E-state index contributed by atoms with van der Waals surface area (Å²) >= 11 is 0. The molecule has 0 aromatic carbocycles. The second-order valence-corrected chi connectivity index (χ2v) is 17.4. The molecule has 1 saturated heterocycles. The van der Waals surface area contributed by atoms with Crippen molar-refractivity contribution in [3.8, 4) is 17.1 Å². The highest BCUT2D eigenvalue weighted by atomic mass is 28.3. The Labute approximate surface area is 224 Å². The van der Waals surface area contributed by atoms with Crippen LogP contribution >= 0.6 is 0 Å². The minimum Gasteiger partial charge on any atom is -0.471 e. The van der Waals surface area contributed by atoms with Crippen molar-refractivity contribution in [1.82, 2.24) is 19.4 Å². The van der Waals surface area contributed by atoms with Gasteiger partial charge in [-0.1, -0.05) is 19.6 Å². The van der Waals surface area contributed by atoms with Crippen LogP contribution in [0.1, 0.15) is 43.4 Å². The molecule has 3 rings (SSSR count). The van der Waals surface area contributed by atoms with Gasteiger partial charge in [-0.3, -0.25) is 4.79 Å². The second-order valence-electron chi connectivity index (χ2n) is 11.8. The summed E-state index contributed by atoms with van der Waals surface area (Å²) in [5.41, 5.74) is 6.14. The summed E-state index contributed by atoms with van der Waals surface area (Å²) in [6.45, 7) is 15.2. The van der Waals surface area contributed by atoms with E-state index in [1.165, 1.54) is 11.1 Å². The molecule has 10 nitrogen and oxygen atoms in total. The van der Waals surface area contributed by atoms with Crippen molar-refractivity contribution in [2.24, 2.45) is 5.73 Å². The van der Waals surface area contributed by atoms with Gasteiger partial charge in [0.2, 0.25) is 5.88 Å². The van der Waals surface area contributed by atoms with E-state index in [1.54, 1.807) is 26.8 Å². The van der Waals surface area contributed by atoms with Crippen LogP contribution < -0.4 is 10.5 Å². The highest BCUT2D eigenvalue weighted by molar-refractivity contribution is 6.76. The molecule has 0 unspecified atom stereocenters. The SMILES string of the molecule is Cc1nc(-c2cnc(O[C@@H]3CCN(C(=O)OC(C)(C)C)C[C@@H]3F)c(C(N)=O)c2)cn1COCC[Si](C)(C)C. The number of hydrogen-bond donors (Lipinski definition) is 1. The molecule has 12 heteroatoms. The Hall–Kier alpha value is -2.99. The molecule has 210 valence electrons. The van der Waals surface area contributed by atoms with E-state index >= 15 is 0 Å². The predicted molar refractivity (Wildman–Crippen MR) is 145 cm³/mol. The van der Waals surface area contributed by atoms with E-state index in [2.05, 4.69) is 29.6 Å². The molecular weight excluding hydrogens is 509 g/mol. The molecule has 1 fully saturated rings. The minimum absolute atomic E-state index is 0.0304. The number of primary amides is 1. The number of imidazole rings is 1. The van der Waals surface area contributed by atoms with Crippen LogP contribution in [0.15, 0.2) is 18.5 Å². The zero-order valence-electron chi connectivity index (χ0n) is 23.4. The van der Waals surface area contributed by atoms with Gasteiger partial charge in [0.05, 0.1) is 12.2 Å². The van der Waals surface area contributed by atoms with Gasteiger partial charge in [-0.25, -0.2) is 19.2 Å². The third-order valence-electron chi connectivity index (χ3n) is 6.01. The Morgan fingerprint density at radius 1 is 1.26 bits per heavy atom. The summed E-state index contributed by atoms with van der Waals surface area (Å²) < 4.78 is 33.8. The van der Waals surface area contributed by atoms with Crippen LogP contribution in [0, 0.1) is 6.92 Å². The molecule has 2 aromatic heterocycles. The smallest absolute Gasteiger partial charge is 0.410 e. The molecule has 1 aliphatic rings. The highest BCUT2D eigenvalue weighted by Crippen LogP contribution is 2.27. The van der Waals surface area contributed by atoms with Crippen molar-refractivity contribution in [3.05, 3.63) is 29.8 Å². The van der Waals surface area contributed by atoms with Crippen LogP contribution in [0.5, 0.6) is 5.88 Å². The molecular formula is C26H40FN5O5Si. The number of amides is 2. The number of hydrogen-bond acceptors (Lipinski definition) is 7. The van der Waals surface area contributed by atoms with Gasteiger partial charge >= 0.3 is 6.09 Å². The van der Waals surface area contributed by atoms with Crippen molar-refractivity contribution in [2.75, 3.05) is 19.7 Å². The van der Waals surface area contributed by atoms with E-state index in [9.17, 15) is 14.0 Å². The Morgan fingerprint density at radius 3 is 2.58 bits per heavy atom. The van der Waals surface area contributed by atoms with Gasteiger partial charge in [-0.05, 0) is 39.8 Å². The largest absolute Gasteiger partial charge is 0.471 e. The molecule has 38 heavy (non-hydrogen) atoms. The number of pyridine rings is 1. The summed E-state index contributed by atoms with van der Waals surface area (Å²) in [6, 6.07) is 2.62. The first-order chi connectivity index (χ1) is 17.6. The van der Waals surface area contributed by atoms with Crippen molar-refractivity contribution in [3.63, 3.8) is 0 Å². The number of nitrogens with two attached hydrogens (primary N) is 1. The van der Waals surface area contributed by atoms with E-state index < -0.39 is 38.0 Å². The highest BCUT2D eigenvalue weighted by Gasteiger charge is 2.35. The molecule has 2 aromatic rings. The van der Waals surface area contributed by atoms with E-state index in [1.807, 2.05) is 17.7 Å². The number of rotatable bonds is 9. The Balaban J connectivity index is 1.68. The number of aromatic nitrogens is 3. The average Bonchev–Trinajstić information content (AvgIpc) is 3.16. The van der Waals surface area contributed by atoms with Crippen molar-refractivity contribution in [1.29, 1.82) is 0 Å². The topological polar surface area (TPSA) is 122 Å². The summed E-state index contributed by atoms with van der Waals surface area (Å²) in [4.78, 5) is 34.7. The van der Waals surface area contributed by atoms with Gasteiger partial charge < -0.3 is 29.4 Å². The lowest BCUT2D eigenvalue weighted by molar-refractivity contribution is -0.0115. The first-order valence-corrected chi connectivity index (χ1v) is 16.5. The number of ether oxygens (including phenoxy) is 3. The monoisotopic (exact) mass is 549 g/mol. The number of halogens is 1. The van der Waals surface area contributed by atoms with Crippen molar-refractivity contribution < 1.29 is 28.2 Å². The normalized spacial score (nSPS) is 18.4. The van der Waals surface area contributed by atoms with Gasteiger partial charge in [-0.15, -0.1) is 0 Å². The van der Waals surface area contributed by atoms with Crippen LogP contribution in [0.3, 0.4) is 0 Å². The molecule has 2 amide bonds. The maximum Gasteiger partial charge on any atom is 0.410 e. The fourth-order valence-corrected chi connectivity index (χ4v) is 4.59. The number of carbonyl (C=O) groups is 2. The molecule has 1 aliphatic heterocycles. The van der Waals surface area contributed by atoms with Crippen LogP contribution in [0.2, 0.25) is 25.7 Å². The van der Waals surface area contributed by atoms with E-state index in [0.29, 0.717) is 24.6 Å².